The van der Waals surface area contributed by atoms with Crippen molar-refractivity contribution in [3.63, 3.8) is 0 Å². The summed E-state index contributed by atoms with van der Waals surface area (Å²) in [7, 11) is 0. The maximum Gasteiger partial charge on any atom is 0.166 e. The molecule has 0 spiro atoms. The first kappa shape index (κ1) is 15.5. The average molecular weight is 287 g/mol. The van der Waals surface area contributed by atoms with E-state index in [-0.39, 0.29) is 11.6 Å². The van der Waals surface area contributed by atoms with Crippen LogP contribution in [0.15, 0.2) is 42.5 Å². The summed E-state index contributed by atoms with van der Waals surface area (Å²) in [6, 6.07) is 13.2. The van der Waals surface area contributed by atoms with Crippen molar-refractivity contribution in [1.82, 2.24) is 5.32 Å². The molecule has 21 heavy (non-hydrogen) atoms. The van der Waals surface area contributed by atoms with E-state index in [9.17, 15) is 4.39 Å². The molecule has 0 aliphatic rings. The van der Waals surface area contributed by atoms with Crippen LogP contribution in [0, 0.1) is 5.82 Å². The van der Waals surface area contributed by atoms with E-state index in [4.69, 9.17) is 4.74 Å². The Labute approximate surface area is 126 Å². The molecule has 2 rings (SSSR count). The van der Waals surface area contributed by atoms with Crippen LogP contribution in [0.2, 0.25) is 0 Å². The lowest BCUT2D eigenvalue weighted by Crippen LogP contribution is -2.21. The minimum atomic E-state index is -0.330. The molecule has 2 nitrogen and oxygen atoms in total. The highest BCUT2D eigenvalue weighted by atomic mass is 19.1. The Balaban J connectivity index is 2.14. The van der Waals surface area contributed by atoms with Crippen molar-refractivity contribution in [2.45, 2.75) is 39.8 Å². The molecule has 0 amide bonds. The molecule has 0 aliphatic heterocycles. The number of rotatable bonds is 6. The number of aryl methyl sites for hydroxylation is 1. The maximum absolute atomic E-state index is 14.1. The number of benzene rings is 2. The van der Waals surface area contributed by atoms with E-state index in [1.165, 1.54) is 6.07 Å². The van der Waals surface area contributed by atoms with E-state index < -0.39 is 0 Å². The number of para-hydroxylation sites is 1. The maximum atomic E-state index is 14.1. The molecule has 0 fully saturated rings. The van der Waals surface area contributed by atoms with Gasteiger partial charge in [0.2, 0.25) is 0 Å². The first-order chi connectivity index (χ1) is 10.1. The predicted octanol–water partition coefficient (Wildman–Crippen LogP) is 4.68. The van der Waals surface area contributed by atoms with Crippen LogP contribution in [0.5, 0.6) is 11.5 Å². The summed E-state index contributed by atoms with van der Waals surface area (Å²) in [5.41, 5.74) is 1.99. The van der Waals surface area contributed by atoms with E-state index in [2.05, 4.69) is 26.1 Å². The summed E-state index contributed by atoms with van der Waals surface area (Å²) in [6.45, 7) is 6.84. The second kappa shape index (κ2) is 7.23. The van der Waals surface area contributed by atoms with E-state index in [1.807, 2.05) is 30.3 Å². The fraction of sp³-hybridized carbons (Fsp3) is 0.333. The summed E-state index contributed by atoms with van der Waals surface area (Å²) in [5, 5.41) is 3.27. The zero-order valence-corrected chi connectivity index (χ0v) is 12.8. The Morgan fingerprint density at radius 2 is 1.86 bits per heavy atom. The Morgan fingerprint density at radius 1 is 1.10 bits per heavy atom. The van der Waals surface area contributed by atoms with Crippen LogP contribution in [0.4, 0.5) is 4.39 Å². The van der Waals surface area contributed by atoms with Crippen LogP contribution in [0.1, 0.15) is 31.9 Å². The van der Waals surface area contributed by atoms with Gasteiger partial charge in [-0.2, -0.15) is 0 Å². The van der Waals surface area contributed by atoms with Gasteiger partial charge in [-0.15, -0.1) is 0 Å². The second-order valence-electron chi connectivity index (χ2n) is 5.36. The molecular weight excluding hydrogens is 265 g/mol. The SMILES string of the molecule is CCc1ccccc1Oc1ccc(CNC(C)C)cc1F. The van der Waals surface area contributed by atoms with Gasteiger partial charge in [-0.1, -0.05) is 45.0 Å². The number of nitrogens with one attached hydrogen (secondary N) is 1. The number of hydrogen-bond acceptors (Lipinski definition) is 2. The average Bonchev–Trinajstić information content (AvgIpc) is 2.48. The third-order valence-corrected chi connectivity index (χ3v) is 3.28. The Kier molecular flexibility index (Phi) is 5.34. The second-order valence-corrected chi connectivity index (χ2v) is 5.36. The number of ether oxygens (including phenoxy) is 1. The van der Waals surface area contributed by atoms with Gasteiger partial charge in [0, 0.05) is 12.6 Å². The van der Waals surface area contributed by atoms with Crippen LogP contribution in [0.3, 0.4) is 0 Å². The van der Waals surface area contributed by atoms with Gasteiger partial charge < -0.3 is 10.1 Å². The van der Waals surface area contributed by atoms with Gasteiger partial charge in [-0.3, -0.25) is 0 Å². The van der Waals surface area contributed by atoms with Crippen molar-refractivity contribution < 1.29 is 9.13 Å². The lowest BCUT2D eigenvalue weighted by molar-refractivity contribution is 0.437. The molecule has 2 aromatic rings. The molecule has 0 heterocycles. The van der Waals surface area contributed by atoms with E-state index in [0.717, 1.165) is 17.5 Å². The molecular formula is C18H22FNO. The third kappa shape index (κ3) is 4.30. The fourth-order valence-electron chi connectivity index (χ4n) is 2.07. The largest absolute Gasteiger partial charge is 0.454 e. The Morgan fingerprint density at radius 3 is 2.52 bits per heavy atom. The first-order valence-electron chi connectivity index (χ1n) is 7.37. The van der Waals surface area contributed by atoms with Crippen LogP contribution in [-0.4, -0.2) is 6.04 Å². The van der Waals surface area contributed by atoms with Gasteiger partial charge in [0.25, 0.3) is 0 Å². The molecule has 0 atom stereocenters. The molecule has 0 radical (unpaired) electrons. The van der Waals surface area contributed by atoms with Gasteiger partial charge in [-0.25, -0.2) is 4.39 Å². The normalized spacial score (nSPS) is 10.9. The fourth-order valence-corrected chi connectivity index (χ4v) is 2.07. The third-order valence-electron chi connectivity index (χ3n) is 3.28. The molecule has 112 valence electrons. The van der Waals surface area contributed by atoms with Crippen molar-refractivity contribution in [3.8, 4) is 11.5 Å². The minimum absolute atomic E-state index is 0.268. The lowest BCUT2D eigenvalue weighted by Gasteiger charge is -2.12. The zero-order chi connectivity index (χ0) is 15.2. The molecule has 0 bridgehead atoms. The van der Waals surface area contributed by atoms with Crippen molar-refractivity contribution in [1.29, 1.82) is 0 Å². The summed E-state index contributed by atoms with van der Waals surface area (Å²) < 4.78 is 19.9. The van der Waals surface area contributed by atoms with E-state index in [0.29, 0.717) is 18.3 Å². The van der Waals surface area contributed by atoms with Gasteiger partial charge in [0.15, 0.2) is 11.6 Å². The summed E-state index contributed by atoms with van der Waals surface area (Å²) in [6.07, 6.45) is 0.855. The molecule has 0 unspecified atom stereocenters. The highest BCUT2D eigenvalue weighted by Gasteiger charge is 2.08. The van der Waals surface area contributed by atoms with Crippen LogP contribution >= 0.6 is 0 Å². The van der Waals surface area contributed by atoms with Gasteiger partial charge in [-0.05, 0) is 35.7 Å². The molecule has 0 aromatic heterocycles. The molecule has 3 heteroatoms. The predicted molar refractivity (Wildman–Crippen MR) is 84.3 cm³/mol. The number of halogens is 1. The molecule has 1 N–H and O–H groups in total. The van der Waals surface area contributed by atoms with Crippen LogP contribution in [0.25, 0.3) is 0 Å². The lowest BCUT2D eigenvalue weighted by atomic mass is 10.1. The topological polar surface area (TPSA) is 21.3 Å². The smallest absolute Gasteiger partial charge is 0.166 e. The van der Waals surface area contributed by atoms with Crippen LogP contribution < -0.4 is 10.1 Å². The van der Waals surface area contributed by atoms with Crippen molar-refractivity contribution in [3.05, 3.63) is 59.4 Å². The van der Waals surface area contributed by atoms with Gasteiger partial charge >= 0.3 is 0 Å². The quantitative estimate of drug-likeness (QED) is 0.833. The van der Waals surface area contributed by atoms with E-state index >= 15 is 0 Å². The standard InChI is InChI=1S/C18H22FNO/c1-4-15-7-5-6-8-17(15)21-18-10-9-14(11-16(18)19)12-20-13(2)3/h5-11,13,20H,4,12H2,1-3H3. The Hall–Kier alpha value is -1.87. The Bertz CT molecular complexity index is 596. The molecule has 0 saturated heterocycles. The molecule has 0 saturated carbocycles. The van der Waals surface area contributed by atoms with Gasteiger partial charge in [0.1, 0.15) is 5.75 Å². The highest BCUT2D eigenvalue weighted by molar-refractivity contribution is 5.39. The van der Waals surface area contributed by atoms with Crippen molar-refractivity contribution in [2.24, 2.45) is 0 Å². The molecule has 2 aromatic carbocycles. The summed E-state index contributed by atoms with van der Waals surface area (Å²) >= 11 is 0. The minimum Gasteiger partial charge on any atom is -0.454 e. The monoisotopic (exact) mass is 287 g/mol. The van der Waals surface area contributed by atoms with Crippen LogP contribution in [-0.2, 0) is 13.0 Å². The van der Waals surface area contributed by atoms with Crippen molar-refractivity contribution in [2.75, 3.05) is 0 Å². The zero-order valence-electron chi connectivity index (χ0n) is 12.8. The summed E-state index contributed by atoms with van der Waals surface area (Å²) in [4.78, 5) is 0. The number of hydrogen-bond donors (Lipinski definition) is 1. The summed E-state index contributed by atoms with van der Waals surface area (Å²) in [5.74, 6) is 0.653. The van der Waals surface area contributed by atoms with Crippen molar-refractivity contribution >= 4 is 0 Å². The highest BCUT2D eigenvalue weighted by Crippen LogP contribution is 2.28. The molecule has 0 aliphatic carbocycles. The van der Waals surface area contributed by atoms with E-state index in [1.54, 1.807) is 6.07 Å². The van der Waals surface area contributed by atoms with Gasteiger partial charge in [0.05, 0.1) is 0 Å². The first-order valence-corrected chi connectivity index (χ1v) is 7.37.